The van der Waals surface area contributed by atoms with Crippen LogP contribution in [-0.4, -0.2) is 18.6 Å². The molecule has 1 aromatic heterocycles. The Morgan fingerprint density at radius 2 is 2.27 bits per heavy atom. The van der Waals surface area contributed by atoms with Gasteiger partial charge in [0.15, 0.2) is 5.13 Å². The molecule has 4 heteroatoms. The highest BCUT2D eigenvalue weighted by Crippen LogP contribution is 2.29. The van der Waals surface area contributed by atoms with Gasteiger partial charge in [-0.1, -0.05) is 18.3 Å². The van der Waals surface area contributed by atoms with Crippen molar-refractivity contribution in [2.75, 3.05) is 24.2 Å². The lowest BCUT2D eigenvalue weighted by Crippen LogP contribution is -2.17. The Bertz CT molecular complexity index is 464. The van der Waals surface area contributed by atoms with Crippen LogP contribution in [0.5, 0.6) is 0 Å². The van der Waals surface area contributed by atoms with Crippen LogP contribution in [0.2, 0.25) is 0 Å². The first-order chi connectivity index (χ1) is 7.20. The van der Waals surface area contributed by atoms with Crippen LogP contribution in [0, 0.1) is 0 Å². The zero-order valence-corrected chi connectivity index (χ0v) is 9.84. The van der Waals surface area contributed by atoms with Crippen LogP contribution in [0.25, 0.3) is 10.2 Å². The number of hydrogen-bond acceptors (Lipinski definition) is 4. The monoisotopic (exact) mass is 221 g/mol. The molecule has 0 radical (unpaired) electrons. The predicted octanol–water partition coefficient (Wildman–Crippen LogP) is 2.72. The first-order valence-corrected chi connectivity index (χ1v) is 5.89. The van der Waals surface area contributed by atoms with Gasteiger partial charge in [0.1, 0.15) is 0 Å². The summed E-state index contributed by atoms with van der Waals surface area (Å²) in [6.07, 6.45) is 1.13. The number of hydrogen-bond donors (Lipinski definition) is 1. The van der Waals surface area contributed by atoms with E-state index in [-0.39, 0.29) is 0 Å². The Morgan fingerprint density at radius 1 is 1.47 bits per heavy atom. The molecule has 0 fully saturated rings. The standard InChI is InChI=1S/C11H15N3S/c1-3-6-14(2)11-13-9-5-4-8(12)7-10(9)15-11/h4-5,7H,3,6,12H2,1-2H3. The van der Waals surface area contributed by atoms with E-state index < -0.39 is 0 Å². The topological polar surface area (TPSA) is 42.2 Å². The van der Waals surface area contributed by atoms with E-state index in [1.807, 2.05) is 18.2 Å². The Kier molecular flexibility index (Phi) is 2.77. The van der Waals surface area contributed by atoms with Gasteiger partial charge in [-0.05, 0) is 24.6 Å². The van der Waals surface area contributed by atoms with Gasteiger partial charge in [0.2, 0.25) is 0 Å². The normalized spacial score (nSPS) is 10.8. The molecule has 0 aliphatic carbocycles. The highest BCUT2D eigenvalue weighted by atomic mass is 32.1. The maximum Gasteiger partial charge on any atom is 0.186 e. The fourth-order valence-corrected chi connectivity index (χ4v) is 2.52. The van der Waals surface area contributed by atoms with Gasteiger partial charge in [0, 0.05) is 19.3 Å². The lowest BCUT2D eigenvalue weighted by atomic mass is 10.3. The molecule has 1 aromatic carbocycles. The van der Waals surface area contributed by atoms with Crippen molar-refractivity contribution in [1.82, 2.24) is 4.98 Å². The maximum atomic E-state index is 5.73. The second-order valence-electron chi connectivity index (χ2n) is 3.65. The summed E-state index contributed by atoms with van der Waals surface area (Å²) in [6.45, 7) is 3.21. The number of nitrogens with zero attached hydrogens (tertiary/aromatic N) is 2. The van der Waals surface area contributed by atoms with Crippen molar-refractivity contribution < 1.29 is 0 Å². The van der Waals surface area contributed by atoms with E-state index >= 15 is 0 Å². The summed E-state index contributed by atoms with van der Waals surface area (Å²) in [7, 11) is 2.07. The Hall–Kier alpha value is -1.29. The van der Waals surface area contributed by atoms with E-state index in [0.717, 1.165) is 34.0 Å². The zero-order valence-electron chi connectivity index (χ0n) is 9.03. The summed E-state index contributed by atoms with van der Waals surface area (Å²) in [5.41, 5.74) is 7.57. The third-order valence-corrected chi connectivity index (χ3v) is 3.42. The minimum absolute atomic E-state index is 0.802. The number of thiazole rings is 1. The fourth-order valence-electron chi connectivity index (χ4n) is 1.52. The smallest absolute Gasteiger partial charge is 0.186 e. The molecular weight excluding hydrogens is 206 g/mol. The molecule has 2 aromatic rings. The molecule has 0 aliphatic rings. The molecule has 80 valence electrons. The lowest BCUT2D eigenvalue weighted by molar-refractivity contribution is 0.849. The van der Waals surface area contributed by atoms with Gasteiger partial charge in [0.25, 0.3) is 0 Å². The Balaban J connectivity index is 2.38. The predicted molar refractivity (Wildman–Crippen MR) is 67.6 cm³/mol. The van der Waals surface area contributed by atoms with Crippen molar-refractivity contribution in [2.45, 2.75) is 13.3 Å². The van der Waals surface area contributed by atoms with Crippen LogP contribution in [0.15, 0.2) is 18.2 Å². The molecule has 0 aliphatic heterocycles. The number of fused-ring (bicyclic) bond motifs is 1. The van der Waals surface area contributed by atoms with Crippen molar-refractivity contribution in [2.24, 2.45) is 0 Å². The van der Waals surface area contributed by atoms with Crippen LogP contribution < -0.4 is 10.6 Å². The number of aromatic nitrogens is 1. The van der Waals surface area contributed by atoms with Gasteiger partial charge in [-0.15, -0.1) is 0 Å². The number of anilines is 2. The van der Waals surface area contributed by atoms with Gasteiger partial charge >= 0.3 is 0 Å². The number of nitrogens with two attached hydrogens (primary N) is 1. The molecule has 2 rings (SSSR count). The lowest BCUT2D eigenvalue weighted by Gasteiger charge is -2.13. The SMILES string of the molecule is CCCN(C)c1nc2ccc(N)cc2s1. The molecule has 0 bridgehead atoms. The van der Waals surface area contributed by atoms with Crippen LogP contribution in [-0.2, 0) is 0 Å². The molecule has 3 nitrogen and oxygen atoms in total. The summed E-state index contributed by atoms with van der Waals surface area (Å²) in [5, 5.41) is 1.07. The van der Waals surface area contributed by atoms with Gasteiger partial charge in [-0.3, -0.25) is 0 Å². The van der Waals surface area contributed by atoms with Crippen molar-refractivity contribution in [1.29, 1.82) is 0 Å². The van der Waals surface area contributed by atoms with E-state index in [1.165, 1.54) is 0 Å². The largest absolute Gasteiger partial charge is 0.399 e. The van der Waals surface area contributed by atoms with Gasteiger partial charge in [-0.25, -0.2) is 4.98 Å². The molecule has 15 heavy (non-hydrogen) atoms. The number of nitrogen functional groups attached to an aromatic ring is 1. The molecular formula is C11H15N3S. The molecule has 0 spiro atoms. The molecule has 0 unspecified atom stereocenters. The average molecular weight is 221 g/mol. The van der Waals surface area contributed by atoms with E-state index in [1.54, 1.807) is 11.3 Å². The minimum Gasteiger partial charge on any atom is -0.399 e. The van der Waals surface area contributed by atoms with Crippen LogP contribution in [0.1, 0.15) is 13.3 Å². The quantitative estimate of drug-likeness (QED) is 0.810. The number of benzene rings is 1. The number of rotatable bonds is 3. The molecule has 0 saturated heterocycles. The van der Waals surface area contributed by atoms with Gasteiger partial charge < -0.3 is 10.6 Å². The zero-order chi connectivity index (χ0) is 10.8. The molecule has 0 amide bonds. The van der Waals surface area contributed by atoms with Gasteiger partial charge in [-0.2, -0.15) is 0 Å². The Morgan fingerprint density at radius 3 is 3.00 bits per heavy atom. The van der Waals surface area contributed by atoms with E-state index in [4.69, 9.17) is 5.73 Å². The molecule has 0 atom stereocenters. The molecule has 1 heterocycles. The van der Waals surface area contributed by atoms with Crippen molar-refractivity contribution in [3.05, 3.63) is 18.2 Å². The van der Waals surface area contributed by atoms with Crippen LogP contribution in [0.3, 0.4) is 0 Å². The second kappa shape index (κ2) is 4.06. The first kappa shape index (κ1) is 10.2. The van der Waals surface area contributed by atoms with Crippen molar-refractivity contribution in [3.8, 4) is 0 Å². The highest BCUT2D eigenvalue weighted by molar-refractivity contribution is 7.22. The first-order valence-electron chi connectivity index (χ1n) is 5.08. The summed E-state index contributed by atoms with van der Waals surface area (Å²) < 4.78 is 1.16. The fraction of sp³-hybridized carbons (Fsp3) is 0.364. The third-order valence-electron chi connectivity index (χ3n) is 2.29. The third kappa shape index (κ3) is 2.04. The van der Waals surface area contributed by atoms with E-state index in [2.05, 4.69) is 23.9 Å². The maximum absolute atomic E-state index is 5.73. The van der Waals surface area contributed by atoms with E-state index in [0.29, 0.717) is 0 Å². The minimum atomic E-state index is 0.802. The average Bonchev–Trinajstić information content (AvgIpc) is 2.60. The summed E-state index contributed by atoms with van der Waals surface area (Å²) in [4.78, 5) is 6.74. The Labute approximate surface area is 93.5 Å². The van der Waals surface area contributed by atoms with Crippen molar-refractivity contribution in [3.63, 3.8) is 0 Å². The molecule has 0 saturated carbocycles. The summed E-state index contributed by atoms with van der Waals surface area (Å²) in [5.74, 6) is 0. The summed E-state index contributed by atoms with van der Waals surface area (Å²) >= 11 is 1.69. The van der Waals surface area contributed by atoms with Crippen LogP contribution in [0.4, 0.5) is 10.8 Å². The van der Waals surface area contributed by atoms with Gasteiger partial charge in [0.05, 0.1) is 10.2 Å². The van der Waals surface area contributed by atoms with Crippen molar-refractivity contribution >= 4 is 32.4 Å². The summed E-state index contributed by atoms with van der Waals surface area (Å²) in [6, 6.07) is 5.85. The second-order valence-corrected chi connectivity index (χ2v) is 4.65. The van der Waals surface area contributed by atoms with E-state index in [9.17, 15) is 0 Å². The van der Waals surface area contributed by atoms with Crippen LogP contribution >= 0.6 is 11.3 Å². The highest BCUT2D eigenvalue weighted by Gasteiger charge is 2.07. The molecule has 2 N–H and O–H groups in total.